The smallest absolute Gasteiger partial charge is 0.244 e. The van der Waals surface area contributed by atoms with E-state index in [1.54, 1.807) is 23.1 Å². The summed E-state index contributed by atoms with van der Waals surface area (Å²) in [6, 6.07) is 7.89. The first kappa shape index (κ1) is 19.8. The molecule has 2 aromatic rings. The van der Waals surface area contributed by atoms with Crippen molar-refractivity contribution >= 4 is 15.9 Å². The molecule has 2 aliphatic heterocycles. The van der Waals surface area contributed by atoms with Gasteiger partial charge in [0.2, 0.25) is 15.9 Å². The normalized spacial score (nSPS) is 16.8. The van der Waals surface area contributed by atoms with Gasteiger partial charge in [-0.3, -0.25) is 4.79 Å². The summed E-state index contributed by atoms with van der Waals surface area (Å²) in [5.74, 6) is 1.17. The summed E-state index contributed by atoms with van der Waals surface area (Å²) in [5.41, 5.74) is 0. The Morgan fingerprint density at radius 2 is 1.79 bits per heavy atom. The third-order valence-corrected chi connectivity index (χ3v) is 6.87. The average molecular weight is 420 g/mol. The molecule has 8 nitrogen and oxygen atoms in total. The van der Waals surface area contributed by atoms with Gasteiger partial charge in [0.1, 0.15) is 19.0 Å². The van der Waals surface area contributed by atoms with Crippen molar-refractivity contribution in [2.75, 3.05) is 32.8 Å². The highest BCUT2D eigenvalue weighted by Crippen LogP contribution is 2.33. The zero-order valence-corrected chi connectivity index (χ0v) is 16.9. The maximum atomic E-state index is 13.4. The molecule has 0 bridgehead atoms. The Morgan fingerprint density at radius 3 is 2.52 bits per heavy atom. The van der Waals surface area contributed by atoms with E-state index in [2.05, 4.69) is 0 Å². The van der Waals surface area contributed by atoms with Crippen LogP contribution in [-0.2, 0) is 21.4 Å². The Morgan fingerprint density at radius 1 is 1.03 bits per heavy atom. The highest BCUT2D eigenvalue weighted by molar-refractivity contribution is 7.89. The summed E-state index contributed by atoms with van der Waals surface area (Å²) in [5, 5.41) is 0. The largest absolute Gasteiger partial charge is 0.486 e. The maximum absolute atomic E-state index is 13.4. The molecule has 0 atom stereocenters. The topological polar surface area (TPSA) is 89.3 Å². The number of fused-ring (bicyclic) bond motifs is 1. The van der Waals surface area contributed by atoms with E-state index in [0.29, 0.717) is 43.6 Å². The highest BCUT2D eigenvalue weighted by atomic mass is 32.2. The van der Waals surface area contributed by atoms with Crippen molar-refractivity contribution in [3.8, 4) is 11.5 Å². The van der Waals surface area contributed by atoms with Crippen LogP contribution in [0.1, 0.15) is 25.0 Å². The fourth-order valence-corrected chi connectivity index (χ4v) is 4.90. The van der Waals surface area contributed by atoms with Crippen molar-refractivity contribution in [1.82, 2.24) is 9.21 Å². The molecule has 3 heterocycles. The van der Waals surface area contributed by atoms with Crippen LogP contribution in [0.2, 0.25) is 0 Å². The van der Waals surface area contributed by atoms with Crippen molar-refractivity contribution in [3.05, 3.63) is 42.4 Å². The molecule has 0 spiro atoms. The van der Waals surface area contributed by atoms with Gasteiger partial charge >= 0.3 is 0 Å². The lowest BCUT2D eigenvalue weighted by molar-refractivity contribution is -0.132. The molecule has 156 valence electrons. The minimum Gasteiger partial charge on any atom is -0.486 e. The molecule has 0 N–H and O–H groups in total. The number of furan rings is 1. The molecule has 0 saturated carbocycles. The molecule has 2 aliphatic rings. The molecule has 29 heavy (non-hydrogen) atoms. The number of rotatable bonds is 6. The van der Waals surface area contributed by atoms with Crippen LogP contribution in [0.25, 0.3) is 0 Å². The Balaban J connectivity index is 1.61. The summed E-state index contributed by atoms with van der Waals surface area (Å²) >= 11 is 0. The third kappa shape index (κ3) is 4.40. The van der Waals surface area contributed by atoms with Crippen LogP contribution in [-0.4, -0.2) is 56.4 Å². The maximum Gasteiger partial charge on any atom is 0.244 e. The summed E-state index contributed by atoms with van der Waals surface area (Å²) in [6.07, 6.45) is 4.46. The Bertz CT molecular complexity index is 951. The number of nitrogens with zero attached hydrogens (tertiary/aromatic N) is 2. The number of hydrogen-bond donors (Lipinski definition) is 0. The molecule has 0 aliphatic carbocycles. The van der Waals surface area contributed by atoms with Crippen molar-refractivity contribution in [2.24, 2.45) is 0 Å². The molecule has 0 unspecified atom stereocenters. The molecule has 9 heteroatoms. The monoisotopic (exact) mass is 420 g/mol. The molecule has 1 aromatic carbocycles. The number of sulfonamides is 1. The zero-order chi connectivity index (χ0) is 20.3. The van der Waals surface area contributed by atoms with E-state index in [9.17, 15) is 13.2 Å². The first-order chi connectivity index (χ1) is 14.0. The van der Waals surface area contributed by atoms with Gasteiger partial charge in [0.05, 0.1) is 24.2 Å². The number of carbonyl (C=O) groups excluding carboxylic acids is 1. The standard InChI is InChI=1S/C20H24N2O6S/c23-20(21-8-2-1-3-9-21)15-22(14-16-5-4-10-26-16)29(24,25)17-6-7-18-19(13-17)28-12-11-27-18/h4-7,10,13H,1-3,8-9,11-12,14-15H2. The first-order valence-corrected chi connectivity index (χ1v) is 11.2. The van der Waals surface area contributed by atoms with Crippen molar-refractivity contribution < 1.29 is 27.1 Å². The van der Waals surface area contributed by atoms with E-state index < -0.39 is 10.0 Å². The second-order valence-corrected chi connectivity index (χ2v) is 9.04. The molecule has 1 amide bonds. The number of ether oxygens (including phenoxy) is 2. The van der Waals surface area contributed by atoms with Crippen LogP contribution >= 0.6 is 0 Å². The van der Waals surface area contributed by atoms with Crippen molar-refractivity contribution in [3.63, 3.8) is 0 Å². The lowest BCUT2D eigenvalue weighted by atomic mass is 10.1. The van der Waals surface area contributed by atoms with Crippen LogP contribution < -0.4 is 9.47 Å². The molecule has 0 radical (unpaired) electrons. The van der Waals surface area contributed by atoms with Gasteiger partial charge in [0, 0.05) is 19.2 Å². The van der Waals surface area contributed by atoms with Crippen molar-refractivity contribution in [1.29, 1.82) is 0 Å². The minimum atomic E-state index is -3.95. The van der Waals surface area contributed by atoms with E-state index >= 15 is 0 Å². The van der Waals surface area contributed by atoms with Gasteiger partial charge < -0.3 is 18.8 Å². The average Bonchev–Trinajstić information content (AvgIpc) is 3.26. The number of benzene rings is 1. The fraction of sp³-hybridized carbons (Fsp3) is 0.450. The predicted octanol–water partition coefficient (Wildman–Crippen LogP) is 2.25. The third-order valence-electron chi connectivity index (χ3n) is 5.08. The molecule has 4 rings (SSSR count). The lowest BCUT2D eigenvalue weighted by Gasteiger charge is -2.29. The summed E-state index contributed by atoms with van der Waals surface area (Å²) in [6.45, 7) is 1.85. The summed E-state index contributed by atoms with van der Waals surface area (Å²) in [7, 11) is -3.95. The molecule has 1 fully saturated rings. The van der Waals surface area contributed by atoms with Gasteiger partial charge in [-0.15, -0.1) is 0 Å². The Labute approximate surface area is 170 Å². The van der Waals surface area contributed by atoms with Gasteiger partial charge in [0.25, 0.3) is 0 Å². The van der Waals surface area contributed by atoms with Crippen LogP contribution in [0.3, 0.4) is 0 Å². The number of likely N-dealkylation sites (tertiary alicyclic amines) is 1. The molecule has 1 saturated heterocycles. The molecular weight excluding hydrogens is 396 g/mol. The fourth-order valence-electron chi connectivity index (χ4n) is 3.53. The van der Waals surface area contributed by atoms with E-state index in [0.717, 1.165) is 23.6 Å². The van der Waals surface area contributed by atoms with Crippen LogP contribution in [0, 0.1) is 0 Å². The summed E-state index contributed by atoms with van der Waals surface area (Å²) < 4.78 is 44.2. The van der Waals surface area contributed by atoms with Gasteiger partial charge in [-0.1, -0.05) is 0 Å². The van der Waals surface area contributed by atoms with Gasteiger partial charge in [-0.25, -0.2) is 8.42 Å². The first-order valence-electron chi connectivity index (χ1n) is 9.74. The van der Waals surface area contributed by atoms with Crippen molar-refractivity contribution in [2.45, 2.75) is 30.7 Å². The van der Waals surface area contributed by atoms with Gasteiger partial charge in [-0.2, -0.15) is 4.31 Å². The number of carbonyl (C=O) groups is 1. The minimum absolute atomic E-state index is 0.0244. The molecular formula is C20H24N2O6S. The Hall–Kier alpha value is -2.52. The van der Waals surface area contributed by atoms with Gasteiger partial charge in [0.15, 0.2) is 11.5 Å². The van der Waals surface area contributed by atoms with E-state index in [4.69, 9.17) is 13.9 Å². The molecule has 1 aromatic heterocycles. The number of piperidine rings is 1. The zero-order valence-electron chi connectivity index (χ0n) is 16.1. The van der Waals surface area contributed by atoms with E-state index in [1.165, 1.54) is 18.4 Å². The van der Waals surface area contributed by atoms with Crippen LogP contribution in [0.4, 0.5) is 0 Å². The van der Waals surface area contributed by atoms with Gasteiger partial charge in [-0.05, 0) is 43.5 Å². The predicted molar refractivity (Wildman–Crippen MR) is 104 cm³/mol. The second-order valence-electron chi connectivity index (χ2n) is 7.10. The highest BCUT2D eigenvalue weighted by Gasteiger charge is 2.31. The SMILES string of the molecule is O=C(CN(Cc1ccco1)S(=O)(=O)c1ccc2c(c1)OCCO2)N1CCCCC1. The summed E-state index contributed by atoms with van der Waals surface area (Å²) in [4.78, 5) is 14.6. The Kier molecular flexibility index (Phi) is 5.77. The quantitative estimate of drug-likeness (QED) is 0.712. The lowest BCUT2D eigenvalue weighted by Crippen LogP contribution is -2.44. The van der Waals surface area contributed by atoms with E-state index in [1.807, 2.05) is 0 Å². The number of amides is 1. The van der Waals surface area contributed by atoms with E-state index in [-0.39, 0.29) is 23.9 Å². The van der Waals surface area contributed by atoms with Crippen LogP contribution in [0.15, 0.2) is 45.9 Å². The number of hydrogen-bond acceptors (Lipinski definition) is 6. The van der Waals surface area contributed by atoms with Crippen LogP contribution in [0.5, 0.6) is 11.5 Å². The second kappa shape index (κ2) is 8.46.